The summed E-state index contributed by atoms with van der Waals surface area (Å²) in [5.74, 6) is 0. The molecule has 1 aromatic heterocycles. The lowest BCUT2D eigenvalue weighted by atomic mass is 10.2. The fourth-order valence-electron chi connectivity index (χ4n) is 1.30. The second kappa shape index (κ2) is 3.88. The molecule has 1 aromatic carbocycles. The van der Waals surface area contributed by atoms with Gasteiger partial charge in [0.1, 0.15) is 0 Å². The molecule has 1 nitrogen and oxygen atoms in total. The maximum absolute atomic E-state index is 4.23. The highest BCUT2D eigenvalue weighted by molar-refractivity contribution is 5.44. The monoisotopic (exact) mass is 181 g/mol. The number of nitrogens with zero attached hydrogens (tertiary/aromatic N) is 1. The van der Waals surface area contributed by atoms with Crippen molar-refractivity contribution in [1.82, 2.24) is 4.98 Å². The van der Waals surface area contributed by atoms with E-state index in [0.29, 0.717) is 0 Å². The van der Waals surface area contributed by atoms with E-state index in [4.69, 9.17) is 0 Å². The van der Waals surface area contributed by atoms with Gasteiger partial charge < -0.3 is 0 Å². The number of hydrogen-bond acceptors (Lipinski definition) is 1. The largest absolute Gasteiger partial charge is 0.257 e. The highest BCUT2D eigenvalue weighted by Crippen LogP contribution is 1.92. The van der Waals surface area contributed by atoms with Gasteiger partial charge in [-0.2, -0.15) is 0 Å². The van der Waals surface area contributed by atoms with Gasteiger partial charge in [0.15, 0.2) is 0 Å². The van der Waals surface area contributed by atoms with Crippen LogP contribution < -0.4 is 10.4 Å². The molecule has 0 aliphatic rings. The molecule has 0 spiro atoms. The summed E-state index contributed by atoms with van der Waals surface area (Å²) >= 11 is 0. The van der Waals surface area contributed by atoms with Crippen molar-refractivity contribution in [2.75, 3.05) is 0 Å². The van der Waals surface area contributed by atoms with Gasteiger partial charge in [0.2, 0.25) is 0 Å². The first-order valence-corrected chi connectivity index (χ1v) is 4.53. The molecule has 0 atom stereocenters. The van der Waals surface area contributed by atoms with Crippen molar-refractivity contribution >= 4 is 12.7 Å². The highest BCUT2D eigenvalue weighted by atomic mass is 14.6. The second-order valence-electron chi connectivity index (χ2n) is 3.10. The average molecular weight is 181 g/mol. The molecule has 0 saturated heterocycles. The lowest BCUT2D eigenvalue weighted by Crippen LogP contribution is -2.21. The number of rotatable bonds is 1. The first-order chi connectivity index (χ1) is 6.86. The average Bonchev–Trinajstić information content (AvgIpc) is 2.23. The van der Waals surface area contributed by atoms with E-state index < -0.39 is 0 Å². The number of aromatic nitrogens is 1. The van der Waals surface area contributed by atoms with E-state index in [9.17, 15) is 0 Å². The molecule has 0 saturated carbocycles. The molecule has 2 aromatic rings. The van der Waals surface area contributed by atoms with Gasteiger partial charge in [-0.25, -0.2) is 0 Å². The third-order valence-corrected chi connectivity index (χ3v) is 2.05. The molecule has 2 rings (SSSR count). The molecule has 0 aliphatic heterocycles. The molecule has 14 heavy (non-hydrogen) atoms. The lowest BCUT2D eigenvalue weighted by Gasteiger charge is -1.91. The van der Waals surface area contributed by atoms with Crippen molar-refractivity contribution in [2.45, 2.75) is 0 Å². The number of benzene rings is 1. The van der Waals surface area contributed by atoms with Crippen molar-refractivity contribution in [3.63, 3.8) is 0 Å². The third kappa shape index (κ3) is 1.88. The summed E-state index contributed by atoms with van der Waals surface area (Å²) in [5, 5.41) is 2.14. The van der Waals surface area contributed by atoms with Gasteiger partial charge in [-0.1, -0.05) is 36.9 Å². The van der Waals surface area contributed by atoms with E-state index in [0.717, 1.165) is 16.1 Å². The minimum atomic E-state index is 0.962. The predicted molar refractivity (Wildman–Crippen MR) is 59.0 cm³/mol. The zero-order valence-corrected chi connectivity index (χ0v) is 7.85. The van der Waals surface area contributed by atoms with Crippen LogP contribution >= 0.6 is 0 Å². The summed E-state index contributed by atoms with van der Waals surface area (Å²) in [5.41, 5.74) is 0.962. The lowest BCUT2D eigenvalue weighted by molar-refractivity contribution is 1.29. The number of pyridine rings is 1. The molecule has 1 heterocycles. The molecule has 0 unspecified atom stereocenters. The molecule has 0 N–H and O–H groups in total. The van der Waals surface area contributed by atoms with Crippen molar-refractivity contribution in [3.8, 4) is 0 Å². The van der Waals surface area contributed by atoms with Crippen LogP contribution in [0.2, 0.25) is 0 Å². The van der Waals surface area contributed by atoms with Crippen LogP contribution in [0, 0.1) is 0 Å². The Labute approximate surface area is 83.1 Å². The molecular formula is C13H11N. The van der Waals surface area contributed by atoms with Crippen LogP contribution in [0.25, 0.3) is 12.7 Å². The predicted octanol–water partition coefficient (Wildman–Crippen LogP) is 1.32. The quantitative estimate of drug-likeness (QED) is 0.646. The van der Waals surface area contributed by atoms with E-state index in [1.165, 1.54) is 0 Å². The summed E-state index contributed by atoms with van der Waals surface area (Å²) in [6.45, 7) is 3.96. The van der Waals surface area contributed by atoms with Gasteiger partial charge in [-0.3, -0.25) is 4.98 Å². The summed E-state index contributed by atoms with van der Waals surface area (Å²) < 4.78 is 0. The topological polar surface area (TPSA) is 12.9 Å². The Bertz CT molecular complexity index is 514. The van der Waals surface area contributed by atoms with Crippen LogP contribution in [0.1, 0.15) is 5.69 Å². The molecule has 0 bridgehead atoms. The van der Waals surface area contributed by atoms with E-state index in [1.54, 1.807) is 6.20 Å². The third-order valence-electron chi connectivity index (χ3n) is 2.05. The van der Waals surface area contributed by atoms with E-state index in [2.05, 4.69) is 11.6 Å². The zero-order chi connectivity index (χ0) is 9.80. The van der Waals surface area contributed by atoms with Crippen LogP contribution in [0.15, 0.2) is 48.7 Å². The maximum atomic E-state index is 4.23. The molecular weight excluding hydrogens is 170 g/mol. The second-order valence-corrected chi connectivity index (χ2v) is 3.10. The van der Waals surface area contributed by atoms with E-state index in [1.807, 2.05) is 48.5 Å². The molecule has 0 aliphatic carbocycles. The first kappa shape index (κ1) is 8.70. The van der Waals surface area contributed by atoms with Crippen LogP contribution in [0.4, 0.5) is 0 Å². The zero-order valence-electron chi connectivity index (χ0n) is 7.85. The summed E-state index contributed by atoms with van der Waals surface area (Å²) in [7, 11) is 0. The molecule has 1 heteroatoms. The number of hydrogen-bond donors (Lipinski definition) is 0. The minimum Gasteiger partial charge on any atom is -0.257 e. The SMILES string of the molecule is C=c1cccc/c1=C/c1ccccn1. The minimum absolute atomic E-state index is 0.962. The maximum Gasteiger partial charge on any atom is 0.0635 e. The smallest absolute Gasteiger partial charge is 0.0635 e. The van der Waals surface area contributed by atoms with Crippen molar-refractivity contribution in [2.24, 2.45) is 0 Å². The van der Waals surface area contributed by atoms with Crippen LogP contribution in [0.3, 0.4) is 0 Å². The fourth-order valence-corrected chi connectivity index (χ4v) is 1.30. The Morgan fingerprint density at radius 1 is 1.00 bits per heavy atom. The van der Waals surface area contributed by atoms with Gasteiger partial charge in [-0.15, -0.1) is 0 Å². The van der Waals surface area contributed by atoms with Crippen molar-refractivity contribution in [1.29, 1.82) is 0 Å². The standard InChI is InChI=1S/C13H11N/c1-11-6-2-3-7-12(11)10-13-8-4-5-9-14-13/h2-10H,1H2/b12-10-. The van der Waals surface area contributed by atoms with Gasteiger partial charge in [0, 0.05) is 6.20 Å². The Morgan fingerprint density at radius 2 is 1.79 bits per heavy atom. The van der Waals surface area contributed by atoms with Crippen LogP contribution in [-0.4, -0.2) is 4.98 Å². The van der Waals surface area contributed by atoms with Gasteiger partial charge in [0.05, 0.1) is 5.69 Å². The summed E-state index contributed by atoms with van der Waals surface area (Å²) in [6.07, 6.45) is 3.82. The molecule has 68 valence electrons. The Morgan fingerprint density at radius 3 is 2.50 bits per heavy atom. The highest BCUT2D eigenvalue weighted by Gasteiger charge is 1.85. The van der Waals surface area contributed by atoms with Crippen LogP contribution in [-0.2, 0) is 0 Å². The first-order valence-electron chi connectivity index (χ1n) is 4.53. The molecule has 0 amide bonds. The Kier molecular flexibility index (Phi) is 2.41. The summed E-state index contributed by atoms with van der Waals surface area (Å²) in [4.78, 5) is 4.23. The van der Waals surface area contributed by atoms with Gasteiger partial charge in [0.25, 0.3) is 0 Å². The van der Waals surface area contributed by atoms with Gasteiger partial charge in [-0.05, 0) is 28.6 Å². The van der Waals surface area contributed by atoms with Crippen molar-refractivity contribution in [3.05, 3.63) is 64.8 Å². The summed E-state index contributed by atoms with van der Waals surface area (Å²) in [6, 6.07) is 13.9. The van der Waals surface area contributed by atoms with Crippen molar-refractivity contribution < 1.29 is 0 Å². The fraction of sp³-hybridized carbons (Fsp3) is 0. The van der Waals surface area contributed by atoms with Crippen LogP contribution in [0.5, 0.6) is 0 Å². The van der Waals surface area contributed by atoms with E-state index >= 15 is 0 Å². The van der Waals surface area contributed by atoms with Gasteiger partial charge >= 0.3 is 0 Å². The molecule has 0 fully saturated rings. The van der Waals surface area contributed by atoms with E-state index in [-0.39, 0.29) is 0 Å². The Hall–Kier alpha value is -1.89. The Balaban J connectivity index is 2.56. The molecule has 0 radical (unpaired) electrons. The normalized spacial score (nSPS) is 11.6.